The van der Waals surface area contributed by atoms with Gasteiger partial charge in [0, 0.05) is 90.6 Å². The summed E-state index contributed by atoms with van der Waals surface area (Å²) in [5.41, 5.74) is 18.0. The van der Waals surface area contributed by atoms with Crippen LogP contribution < -0.4 is 0 Å². The second kappa shape index (κ2) is 13.3. The van der Waals surface area contributed by atoms with E-state index in [-0.39, 0.29) is 5.82 Å². The van der Waals surface area contributed by atoms with Crippen LogP contribution in [-0.4, -0.2) is 29.5 Å². The minimum absolute atomic E-state index is 0.285. The zero-order valence-corrected chi connectivity index (χ0v) is 33.7. The second-order valence-corrected chi connectivity index (χ2v) is 16.2. The van der Waals surface area contributed by atoms with Crippen molar-refractivity contribution in [2.24, 2.45) is 7.05 Å². The molecule has 0 amide bonds. The number of fused-ring (bicyclic) bond motifs is 6. The van der Waals surface area contributed by atoms with E-state index in [0.717, 1.165) is 116 Å². The van der Waals surface area contributed by atoms with Gasteiger partial charge in [-0.25, -0.2) is 19.3 Å². The van der Waals surface area contributed by atoms with Crippen LogP contribution in [0.2, 0.25) is 0 Å². The third-order valence-electron chi connectivity index (χ3n) is 12.3. The Morgan fingerprint density at radius 3 is 2.25 bits per heavy atom. The van der Waals surface area contributed by atoms with Gasteiger partial charge in [0.15, 0.2) is 0 Å². The molecule has 6 nitrogen and oxygen atoms in total. The number of nitrogens with zero attached hydrogens (tertiary/aromatic N) is 4. The van der Waals surface area contributed by atoms with Crippen molar-refractivity contribution in [2.45, 2.75) is 13.8 Å². The molecule has 12 aromatic rings. The van der Waals surface area contributed by atoms with Gasteiger partial charge in [-0.2, -0.15) is 0 Å². The van der Waals surface area contributed by atoms with E-state index in [9.17, 15) is 4.39 Å². The Morgan fingerprint density at radius 1 is 0.541 bits per heavy atom. The van der Waals surface area contributed by atoms with Crippen LogP contribution in [0.5, 0.6) is 0 Å². The zero-order valence-electron chi connectivity index (χ0n) is 33.7. The van der Waals surface area contributed by atoms with E-state index >= 15 is 0 Å². The number of nitrogens with one attached hydrogen (secondary N) is 2. The van der Waals surface area contributed by atoms with Crippen molar-refractivity contribution in [3.8, 4) is 56.2 Å². The smallest absolute Gasteiger partial charge is 0.123 e. The van der Waals surface area contributed by atoms with Gasteiger partial charge in [0.1, 0.15) is 5.82 Å². The van der Waals surface area contributed by atoms with Crippen LogP contribution in [-0.2, 0) is 7.05 Å². The maximum absolute atomic E-state index is 14.4. The predicted octanol–water partition coefficient (Wildman–Crippen LogP) is 13.9. The summed E-state index contributed by atoms with van der Waals surface area (Å²) in [6.45, 7) is 4.27. The van der Waals surface area contributed by atoms with Gasteiger partial charge in [-0.15, -0.1) is 0 Å². The van der Waals surface area contributed by atoms with Gasteiger partial charge in [-0.05, 0) is 109 Å². The number of para-hydroxylation sites is 2. The SMILES string of the molecule is Cc1ccc2c(-c3cc(-c4[nH]c5c(C)cc(-c6ccc7ccc(-c8cn(C)c9ccccc89)nc7c6)cc5c4-c4ccc5cc(F)ccc5n4)c4ccccc4n3)c[nH]c2c1. The molecule has 6 heterocycles. The van der Waals surface area contributed by atoms with Crippen LogP contribution >= 0.6 is 0 Å². The number of halogens is 1. The van der Waals surface area contributed by atoms with E-state index in [1.165, 1.54) is 28.6 Å². The highest BCUT2D eigenvalue weighted by atomic mass is 19.1. The molecule has 0 spiro atoms. The number of rotatable bonds is 5. The average molecular weight is 789 g/mol. The first-order chi connectivity index (χ1) is 29.8. The monoisotopic (exact) mass is 788 g/mol. The van der Waals surface area contributed by atoms with E-state index in [4.69, 9.17) is 15.0 Å². The molecule has 7 heteroatoms. The summed E-state index contributed by atoms with van der Waals surface area (Å²) in [6.07, 6.45) is 4.22. The third kappa shape index (κ3) is 5.65. The minimum Gasteiger partial charge on any atom is -0.360 e. The van der Waals surface area contributed by atoms with Crippen LogP contribution in [0.15, 0.2) is 158 Å². The Kier molecular flexibility index (Phi) is 7.65. The standard InChI is InChI=1S/C54H37FN6/c1-30-12-18-38-42(28-56-49(38)22-30)50-27-40(37-8-4-6-10-45(37)59-50)54-52(47-20-16-34-24-36(55)17-21-44(34)57-47)41-25-35(23-31(2)53(41)60-54)33-14-13-32-15-19-46(58-48(32)26-33)43-29-61(3)51-11-7-5-9-39(43)51/h4-29,56,60H,1-3H3. The molecule has 0 bridgehead atoms. The summed E-state index contributed by atoms with van der Waals surface area (Å²) in [6, 6.07) is 49.6. The summed E-state index contributed by atoms with van der Waals surface area (Å²) in [5, 5.41) is 6.20. The Hall–Kier alpha value is -7.90. The number of aromatic nitrogens is 6. The van der Waals surface area contributed by atoms with E-state index in [1.807, 2.05) is 18.2 Å². The second-order valence-electron chi connectivity index (χ2n) is 16.2. The molecule has 6 aromatic heterocycles. The molecular formula is C54H37FN6. The van der Waals surface area contributed by atoms with Crippen LogP contribution in [0, 0.1) is 19.7 Å². The van der Waals surface area contributed by atoms with Crippen molar-refractivity contribution in [3.63, 3.8) is 0 Å². The fourth-order valence-electron chi connectivity index (χ4n) is 9.31. The highest BCUT2D eigenvalue weighted by molar-refractivity contribution is 6.11. The van der Waals surface area contributed by atoms with Crippen LogP contribution in [0.25, 0.3) is 122 Å². The molecule has 0 aliphatic heterocycles. The molecule has 0 aliphatic carbocycles. The molecular weight excluding hydrogens is 752 g/mol. The number of H-pyrrole nitrogens is 2. The van der Waals surface area contributed by atoms with Crippen molar-refractivity contribution in [1.82, 2.24) is 29.5 Å². The highest BCUT2D eigenvalue weighted by Gasteiger charge is 2.23. The Morgan fingerprint density at radius 2 is 1.33 bits per heavy atom. The number of pyridine rings is 3. The van der Waals surface area contributed by atoms with Gasteiger partial charge in [-0.3, -0.25) is 0 Å². The lowest BCUT2D eigenvalue weighted by molar-refractivity contribution is 0.629. The summed E-state index contributed by atoms with van der Waals surface area (Å²) in [4.78, 5) is 23.1. The highest BCUT2D eigenvalue weighted by Crippen LogP contribution is 2.44. The molecule has 0 saturated heterocycles. The third-order valence-corrected chi connectivity index (χ3v) is 12.3. The largest absolute Gasteiger partial charge is 0.360 e. The molecule has 0 unspecified atom stereocenters. The molecule has 290 valence electrons. The van der Waals surface area contributed by atoms with E-state index in [1.54, 1.807) is 6.07 Å². The summed E-state index contributed by atoms with van der Waals surface area (Å²) < 4.78 is 16.6. The molecule has 0 atom stereocenters. The van der Waals surface area contributed by atoms with Gasteiger partial charge in [0.2, 0.25) is 0 Å². The predicted molar refractivity (Wildman–Crippen MR) is 249 cm³/mol. The van der Waals surface area contributed by atoms with Crippen LogP contribution in [0.4, 0.5) is 4.39 Å². The molecule has 0 fully saturated rings. The van der Waals surface area contributed by atoms with Crippen molar-refractivity contribution in [3.05, 3.63) is 175 Å². The Bertz CT molecular complexity index is 3770. The molecule has 0 aliphatic rings. The van der Waals surface area contributed by atoms with Gasteiger partial charge < -0.3 is 14.5 Å². The van der Waals surface area contributed by atoms with Gasteiger partial charge in [0.25, 0.3) is 0 Å². The van der Waals surface area contributed by atoms with Gasteiger partial charge in [0.05, 0.1) is 39.3 Å². The molecule has 0 radical (unpaired) electrons. The van der Waals surface area contributed by atoms with Gasteiger partial charge in [-0.1, -0.05) is 72.8 Å². The summed E-state index contributed by atoms with van der Waals surface area (Å²) in [7, 11) is 2.08. The summed E-state index contributed by atoms with van der Waals surface area (Å²) in [5.74, 6) is -0.285. The molecule has 6 aromatic carbocycles. The van der Waals surface area contributed by atoms with Crippen molar-refractivity contribution in [1.29, 1.82) is 0 Å². The lowest BCUT2D eigenvalue weighted by Gasteiger charge is -2.12. The Labute approximate surface area is 350 Å². The van der Waals surface area contributed by atoms with Crippen molar-refractivity contribution < 1.29 is 4.39 Å². The number of hydrogen-bond donors (Lipinski definition) is 2. The fourth-order valence-corrected chi connectivity index (χ4v) is 9.31. The lowest BCUT2D eigenvalue weighted by Crippen LogP contribution is -1.92. The van der Waals surface area contributed by atoms with E-state index in [2.05, 4.69) is 157 Å². The maximum atomic E-state index is 14.4. The normalized spacial score (nSPS) is 11.9. The molecule has 61 heavy (non-hydrogen) atoms. The molecule has 0 saturated carbocycles. The van der Waals surface area contributed by atoms with E-state index in [0.29, 0.717) is 0 Å². The van der Waals surface area contributed by atoms with Gasteiger partial charge >= 0.3 is 0 Å². The zero-order chi connectivity index (χ0) is 40.9. The average Bonchev–Trinajstić information content (AvgIpc) is 3.99. The molecule has 2 N–H and O–H groups in total. The number of aryl methyl sites for hydroxylation is 3. The van der Waals surface area contributed by atoms with Crippen LogP contribution in [0.1, 0.15) is 11.1 Å². The fraction of sp³-hybridized carbons (Fsp3) is 0.0556. The maximum Gasteiger partial charge on any atom is 0.123 e. The summed E-state index contributed by atoms with van der Waals surface area (Å²) >= 11 is 0. The van der Waals surface area contributed by atoms with E-state index < -0.39 is 0 Å². The van der Waals surface area contributed by atoms with Crippen molar-refractivity contribution >= 4 is 65.4 Å². The topological polar surface area (TPSA) is 75.2 Å². The number of benzene rings is 6. The first-order valence-corrected chi connectivity index (χ1v) is 20.5. The van der Waals surface area contributed by atoms with Crippen molar-refractivity contribution in [2.75, 3.05) is 0 Å². The first-order valence-electron chi connectivity index (χ1n) is 20.5. The molecule has 12 rings (SSSR count). The van der Waals surface area contributed by atoms with Crippen LogP contribution in [0.3, 0.4) is 0 Å². The number of aromatic amines is 2. The quantitative estimate of drug-likeness (QED) is 0.182. The Balaban J connectivity index is 1.08. The first kappa shape index (κ1) is 35.1. The lowest BCUT2D eigenvalue weighted by atomic mass is 9.94. The minimum atomic E-state index is -0.285. The number of hydrogen-bond acceptors (Lipinski definition) is 3.